The van der Waals surface area contributed by atoms with E-state index >= 15 is 0 Å². The van der Waals surface area contributed by atoms with E-state index in [0.29, 0.717) is 0 Å². The van der Waals surface area contributed by atoms with Crippen molar-refractivity contribution in [2.24, 2.45) is 0 Å². The topological polar surface area (TPSA) is 25.8 Å². The van der Waals surface area contributed by atoms with Crippen LogP contribution >= 0.6 is 0 Å². The Kier molecular flexibility index (Phi) is 5.73. The first-order valence-electron chi connectivity index (χ1n) is 18.3. The molecule has 12 rings (SSSR count). The van der Waals surface area contributed by atoms with E-state index in [1.54, 1.807) is 0 Å². The molecule has 2 aromatic heterocycles. The third-order valence-corrected chi connectivity index (χ3v) is 11.9. The van der Waals surface area contributed by atoms with Gasteiger partial charge in [0.2, 0.25) is 0 Å². The normalized spacial score (nSPS) is 13.4. The highest BCUT2D eigenvalue weighted by molar-refractivity contribution is 6.07. The maximum Gasteiger partial charge on any atom is 0.0972 e. The van der Waals surface area contributed by atoms with Gasteiger partial charge in [-0.2, -0.15) is 0 Å². The number of pyridine rings is 2. The molecule has 0 atom stereocenters. The number of hydrogen-bond donors (Lipinski definition) is 0. The van der Waals surface area contributed by atoms with Gasteiger partial charge in [0.15, 0.2) is 0 Å². The molecule has 0 saturated heterocycles. The zero-order valence-electron chi connectivity index (χ0n) is 28.7. The Hall–Kier alpha value is -6.90. The molecule has 0 bridgehead atoms. The largest absolute Gasteiger partial charge is 0.254 e. The van der Waals surface area contributed by atoms with Gasteiger partial charge in [0.25, 0.3) is 0 Å². The lowest BCUT2D eigenvalue weighted by Gasteiger charge is -2.31. The molecule has 2 aliphatic rings. The lowest BCUT2D eigenvalue weighted by molar-refractivity contribution is 0.802. The van der Waals surface area contributed by atoms with Gasteiger partial charge < -0.3 is 0 Å². The van der Waals surface area contributed by atoms with Crippen LogP contribution < -0.4 is 0 Å². The highest BCUT2D eigenvalue weighted by atomic mass is 14.7. The van der Waals surface area contributed by atoms with E-state index in [2.05, 4.69) is 175 Å². The van der Waals surface area contributed by atoms with E-state index in [1.165, 1.54) is 77.2 Å². The highest BCUT2D eigenvalue weighted by Gasteiger charge is 2.52. The summed E-state index contributed by atoms with van der Waals surface area (Å²) in [6.45, 7) is 0. The van der Waals surface area contributed by atoms with Crippen LogP contribution in [-0.4, -0.2) is 9.97 Å². The standard InChI is InChI=1S/C51H30N2/c1-2-9-36-30-46-43(29-35(36)8-1)42-25-22-38-28-37(21-24-39(38)48(42)51(46)44-13-5-3-11-40(44)41-12-4-6-14-45(41)51)31-15-17-32(18-16-31)47-26-23-34-20-19-33-10-7-27-52-49(33)50(34)53-47/h1-30H. The first-order valence-corrected chi connectivity index (χ1v) is 18.3. The van der Waals surface area contributed by atoms with Gasteiger partial charge in [0.1, 0.15) is 0 Å². The van der Waals surface area contributed by atoms with Crippen LogP contribution in [0.5, 0.6) is 0 Å². The molecule has 0 unspecified atom stereocenters. The molecule has 244 valence electrons. The molecule has 0 saturated carbocycles. The summed E-state index contributed by atoms with van der Waals surface area (Å²) < 4.78 is 0. The van der Waals surface area contributed by atoms with Gasteiger partial charge in [-0.15, -0.1) is 0 Å². The summed E-state index contributed by atoms with van der Waals surface area (Å²) in [6, 6.07) is 65.0. The summed E-state index contributed by atoms with van der Waals surface area (Å²) in [5.74, 6) is 0. The van der Waals surface area contributed by atoms with E-state index < -0.39 is 5.41 Å². The van der Waals surface area contributed by atoms with Crippen molar-refractivity contribution in [2.45, 2.75) is 5.41 Å². The molecule has 1 spiro atoms. The molecule has 2 aliphatic carbocycles. The molecule has 10 aromatic rings. The number of nitrogens with zero attached hydrogens (tertiary/aromatic N) is 2. The zero-order valence-corrected chi connectivity index (χ0v) is 28.7. The summed E-state index contributed by atoms with van der Waals surface area (Å²) >= 11 is 0. The van der Waals surface area contributed by atoms with Gasteiger partial charge in [0, 0.05) is 22.5 Å². The van der Waals surface area contributed by atoms with E-state index in [9.17, 15) is 0 Å². The summed E-state index contributed by atoms with van der Waals surface area (Å²) in [7, 11) is 0. The first-order chi connectivity index (χ1) is 26.3. The molecule has 0 aliphatic heterocycles. The molecule has 2 nitrogen and oxygen atoms in total. The van der Waals surface area contributed by atoms with Crippen LogP contribution in [0.15, 0.2) is 182 Å². The first kappa shape index (κ1) is 28.8. The predicted octanol–water partition coefficient (Wildman–Crippen LogP) is 12.8. The van der Waals surface area contributed by atoms with E-state index in [0.717, 1.165) is 33.1 Å². The molecule has 0 amide bonds. The van der Waals surface area contributed by atoms with Crippen LogP contribution in [0.3, 0.4) is 0 Å². The Morgan fingerprint density at radius 1 is 0.358 bits per heavy atom. The molecule has 0 radical (unpaired) electrons. The van der Waals surface area contributed by atoms with Crippen molar-refractivity contribution >= 4 is 43.4 Å². The van der Waals surface area contributed by atoms with Crippen LogP contribution in [0.2, 0.25) is 0 Å². The number of rotatable bonds is 2. The van der Waals surface area contributed by atoms with Crippen LogP contribution in [0.1, 0.15) is 22.3 Å². The maximum atomic E-state index is 5.09. The quantitative estimate of drug-likeness (QED) is 0.171. The number of aromatic nitrogens is 2. The van der Waals surface area contributed by atoms with Crippen molar-refractivity contribution in [2.75, 3.05) is 0 Å². The lowest BCUT2D eigenvalue weighted by Crippen LogP contribution is -2.26. The van der Waals surface area contributed by atoms with Crippen LogP contribution in [0.4, 0.5) is 0 Å². The minimum Gasteiger partial charge on any atom is -0.254 e. The van der Waals surface area contributed by atoms with Crippen molar-refractivity contribution < 1.29 is 0 Å². The third kappa shape index (κ3) is 3.87. The third-order valence-electron chi connectivity index (χ3n) is 11.9. The SMILES string of the molecule is c1ccc2c(c1)-c1ccccc1C21c2cc3ccccc3cc2-c2ccc3cc(-c4ccc(-c5ccc6ccc7cccnc7c6n5)cc4)ccc3c21. The average molecular weight is 671 g/mol. The monoisotopic (exact) mass is 670 g/mol. The van der Waals surface area contributed by atoms with Crippen molar-refractivity contribution in [3.8, 4) is 44.6 Å². The maximum absolute atomic E-state index is 5.09. The predicted molar refractivity (Wildman–Crippen MR) is 219 cm³/mol. The zero-order chi connectivity index (χ0) is 34.7. The second-order valence-electron chi connectivity index (χ2n) is 14.5. The van der Waals surface area contributed by atoms with Gasteiger partial charge in [-0.1, -0.05) is 146 Å². The average Bonchev–Trinajstić information content (AvgIpc) is 3.69. The Labute approximate surface area is 306 Å². The number of fused-ring (bicyclic) bond motifs is 16. The van der Waals surface area contributed by atoms with Crippen molar-refractivity contribution in [3.63, 3.8) is 0 Å². The van der Waals surface area contributed by atoms with Gasteiger partial charge in [-0.05, 0) is 108 Å². The van der Waals surface area contributed by atoms with Crippen molar-refractivity contribution in [1.29, 1.82) is 0 Å². The summed E-state index contributed by atoms with van der Waals surface area (Å²) in [4.78, 5) is 9.74. The smallest absolute Gasteiger partial charge is 0.0972 e. The molecule has 2 heteroatoms. The fourth-order valence-corrected chi connectivity index (χ4v) is 9.56. The second kappa shape index (κ2) is 10.6. The molecular formula is C51H30N2. The van der Waals surface area contributed by atoms with Gasteiger partial charge in [-0.25, -0.2) is 4.98 Å². The molecule has 2 heterocycles. The number of hydrogen-bond acceptors (Lipinski definition) is 2. The number of benzene rings is 8. The van der Waals surface area contributed by atoms with Gasteiger partial charge in [-0.3, -0.25) is 4.98 Å². The van der Waals surface area contributed by atoms with Crippen LogP contribution in [-0.2, 0) is 5.41 Å². The Morgan fingerprint density at radius 2 is 0.981 bits per heavy atom. The minimum atomic E-state index is -0.405. The molecular weight excluding hydrogens is 641 g/mol. The minimum absolute atomic E-state index is 0.405. The second-order valence-corrected chi connectivity index (χ2v) is 14.5. The Balaban J connectivity index is 1.03. The van der Waals surface area contributed by atoms with Gasteiger partial charge in [0.05, 0.1) is 22.1 Å². The molecule has 53 heavy (non-hydrogen) atoms. The fraction of sp³-hybridized carbons (Fsp3) is 0.0196. The Morgan fingerprint density at radius 3 is 1.77 bits per heavy atom. The molecule has 0 fully saturated rings. The van der Waals surface area contributed by atoms with Crippen molar-refractivity contribution in [3.05, 3.63) is 204 Å². The van der Waals surface area contributed by atoms with Crippen LogP contribution in [0, 0.1) is 0 Å². The Bertz CT molecular complexity index is 3130. The van der Waals surface area contributed by atoms with E-state index in [1.807, 2.05) is 12.3 Å². The highest BCUT2D eigenvalue weighted by Crippen LogP contribution is 2.64. The molecule has 8 aromatic carbocycles. The van der Waals surface area contributed by atoms with Crippen LogP contribution in [0.25, 0.3) is 88.0 Å². The van der Waals surface area contributed by atoms with Gasteiger partial charge >= 0.3 is 0 Å². The lowest BCUT2D eigenvalue weighted by atomic mass is 9.69. The molecule has 0 N–H and O–H groups in total. The summed E-state index contributed by atoms with van der Waals surface area (Å²) in [6.07, 6.45) is 1.84. The summed E-state index contributed by atoms with van der Waals surface area (Å²) in [5.41, 5.74) is 16.7. The van der Waals surface area contributed by atoms with E-state index in [4.69, 9.17) is 4.98 Å². The summed E-state index contributed by atoms with van der Waals surface area (Å²) in [5, 5.41) is 7.31. The fourth-order valence-electron chi connectivity index (χ4n) is 9.56. The van der Waals surface area contributed by atoms with E-state index in [-0.39, 0.29) is 0 Å². The van der Waals surface area contributed by atoms with Crippen molar-refractivity contribution in [1.82, 2.24) is 9.97 Å².